The second kappa shape index (κ2) is 6.31. The maximum absolute atomic E-state index is 13.6. The summed E-state index contributed by atoms with van der Waals surface area (Å²) in [6.45, 7) is 7.54. The Morgan fingerprint density at radius 1 is 1.30 bits per heavy atom. The summed E-state index contributed by atoms with van der Waals surface area (Å²) in [5, 5.41) is 2.36. The molecule has 0 saturated carbocycles. The zero-order valence-corrected chi connectivity index (χ0v) is 12.4. The van der Waals surface area contributed by atoms with Gasteiger partial charge in [0.25, 0.3) is 0 Å². The van der Waals surface area contributed by atoms with E-state index in [2.05, 4.69) is 5.32 Å². The van der Waals surface area contributed by atoms with Crippen molar-refractivity contribution in [2.45, 2.75) is 46.6 Å². The highest BCUT2D eigenvalue weighted by atomic mass is 19.1. The number of rotatable bonds is 4. The molecule has 20 heavy (non-hydrogen) atoms. The third-order valence-electron chi connectivity index (χ3n) is 2.84. The molecule has 3 nitrogen and oxygen atoms in total. The summed E-state index contributed by atoms with van der Waals surface area (Å²) < 4.78 is 26.9. The van der Waals surface area contributed by atoms with Gasteiger partial charge in [-0.2, -0.15) is 0 Å². The van der Waals surface area contributed by atoms with Gasteiger partial charge in [0, 0.05) is 18.5 Å². The minimum atomic E-state index is -0.651. The Hall–Kier alpha value is -1.49. The molecule has 3 N–H and O–H groups in total. The summed E-state index contributed by atoms with van der Waals surface area (Å²) in [6.07, 6.45) is 0.747. The van der Waals surface area contributed by atoms with Gasteiger partial charge in [-0.15, -0.1) is 0 Å². The molecule has 1 aromatic carbocycles. The smallest absolute Gasteiger partial charge is 0.226 e. The standard InChI is InChI=1S/C15H22F2N2O/c1-9-5-12(17)13(7-11(9)16)19-14(20)6-10(18)8-15(2,3)4/h5,7,10H,6,8,18H2,1-4H3,(H,19,20). The Morgan fingerprint density at radius 3 is 2.45 bits per heavy atom. The fourth-order valence-corrected chi connectivity index (χ4v) is 2.04. The number of aryl methyl sites for hydroxylation is 1. The lowest BCUT2D eigenvalue weighted by Crippen LogP contribution is -2.31. The predicted octanol–water partition coefficient (Wildman–Crippen LogP) is 3.37. The molecule has 0 bridgehead atoms. The van der Waals surface area contributed by atoms with Crippen molar-refractivity contribution in [1.82, 2.24) is 0 Å². The Balaban J connectivity index is 2.65. The molecule has 0 aliphatic heterocycles. The molecule has 1 atom stereocenters. The van der Waals surface area contributed by atoms with E-state index in [1.165, 1.54) is 6.92 Å². The van der Waals surface area contributed by atoms with E-state index in [1.807, 2.05) is 20.8 Å². The number of carbonyl (C=O) groups is 1. The molecule has 112 valence electrons. The largest absolute Gasteiger partial charge is 0.327 e. The fraction of sp³-hybridized carbons (Fsp3) is 0.533. The first-order valence-corrected chi connectivity index (χ1v) is 6.59. The van der Waals surface area contributed by atoms with E-state index >= 15 is 0 Å². The molecule has 1 rings (SSSR count). The van der Waals surface area contributed by atoms with Crippen LogP contribution >= 0.6 is 0 Å². The number of carbonyl (C=O) groups excluding carboxylic acids is 1. The highest BCUT2D eigenvalue weighted by Crippen LogP contribution is 2.22. The van der Waals surface area contributed by atoms with Crippen LogP contribution in [0.5, 0.6) is 0 Å². The molecule has 1 aromatic rings. The van der Waals surface area contributed by atoms with E-state index in [4.69, 9.17) is 5.73 Å². The molecule has 1 amide bonds. The van der Waals surface area contributed by atoms with Crippen molar-refractivity contribution in [3.63, 3.8) is 0 Å². The number of halogens is 2. The third-order valence-corrected chi connectivity index (χ3v) is 2.84. The molecular weight excluding hydrogens is 262 g/mol. The lowest BCUT2D eigenvalue weighted by Gasteiger charge is -2.22. The molecule has 5 heteroatoms. The molecule has 0 saturated heterocycles. The second-order valence-corrected chi connectivity index (χ2v) is 6.36. The molecular formula is C15H22F2N2O. The van der Waals surface area contributed by atoms with Crippen LogP contribution < -0.4 is 11.1 Å². The van der Waals surface area contributed by atoms with Crippen molar-refractivity contribution in [1.29, 1.82) is 0 Å². The van der Waals surface area contributed by atoms with Gasteiger partial charge in [-0.1, -0.05) is 20.8 Å². The number of amides is 1. The van der Waals surface area contributed by atoms with Crippen LogP contribution in [0.25, 0.3) is 0 Å². The van der Waals surface area contributed by atoms with Crippen LogP contribution in [-0.2, 0) is 4.79 Å². The SMILES string of the molecule is Cc1cc(F)c(NC(=O)CC(N)CC(C)(C)C)cc1F. The zero-order valence-electron chi connectivity index (χ0n) is 12.4. The van der Waals surface area contributed by atoms with E-state index in [1.54, 1.807) is 0 Å². The van der Waals surface area contributed by atoms with E-state index < -0.39 is 17.5 Å². The Labute approximate surface area is 118 Å². The molecule has 0 fully saturated rings. The molecule has 0 heterocycles. The minimum Gasteiger partial charge on any atom is -0.327 e. The van der Waals surface area contributed by atoms with Gasteiger partial charge in [-0.3, -0.25) is 4.79 Å². The molecule has 0 aromatic heterocycles. The highest BCUT2D eigenvalue weighted by molar-refractivity contribution is 5.91. The first kappa shape index (κ1) is 16.6. The molecule has 0 radical (unpaired) electrons. The van der Waals surface area contributed by atoms with Crippen LogP contribution in [0.2, 0.25) is 0 Å². The normalized spacial score (nSPS) is 13.2. The van der Waals surface area contributed by atoms with E-state index in [0.29, 0.717) is 6.42 Å². The highest BCUT2D eigenvalue weighted by Gasteiger charge is 2.19. The van der Waals surface area contributed by atoms with Gasteiger partial charge in [0.15, 0.2) is 0 Å². The van der Waals surface area contributed by atoms with Crippen molar-refractivity contribution >= 4 is 11.6 Å². The van der Waals surface area contributed by atoms with Gasteiger partial charge in [-0.25, -0.2) is 8.78 Å². The second-order valence-electron chi connectivity index (χ2n) is 6.36. The van der Waals surface area contributed by atoms with E-state index in [-0.39, 0.29) is 29.1 Å². The van der Waals surface area contributed by atoms with Gasteiger partial charge >= 0.3 is 0 Å². The van der Waals surface area contributed by atoms with Crippen molar-refractivity contribution in [3.05, 3.63) is 29.3 Å². The topological polar surface area (TPSA) is 55.1 Å². The third kappa shape index (κ3) is 5.25. The predicted molar refractivity (Wildman–Crippen MR) is 76.4 cm³/mol. The van der Waals surface area contributed by atoms with Crippen molar-refractivity contribution < 1.29 is 13.6 Å². The van der Waals surface area contributed by atoms with Crippen LogP contribution in [-0.4, -0.2) is 11.9 Å². The lowest BCUT2D eigenvalue weighted by molar-refractivity contribution is -0.116. The summed E-state index contributed by atoms with van der Waals surface area (Å²) in [7, 11) is 0. The van der Waals surface area contributed by atoms with E-state index in [0.717, 1.165) is 12.1 Å². The van der Waals surface area contributed by atoms with Crippen LogP contribution in [0.15, 0.2) is 12.1 Å². The van der Waals surface area contributed by atoms with Gasteiger partial charge in [-0.05, 0) is 30.4 Å². The van der Waals surface area contributed by atoms with Crippen LogP contribution in [0.3, 0.4) is 0 Å². The Kier molecular flexibility index (Phi) is 5.22. The van der Waals surface area contributed by atoms with Crippen molar-refractivity contribution in [2.24, 2.45) is 11.1 Å². The maximum Gasteiger partial charge on any atom is 0.226 e. The number of nitrogens with one attached hydrogen (secondary N) is 1. The van der Waals surface area contributed by atoms with Gasteiger partial charge in [0.1, 0.15) is 11.6 Å². The summed E-state index contributed by atoms with van der Waals surface area (Å²) in [6, 6.07) is 1.73. The number of nitrogens with two attached hydrogens (primary N) is 1. The van der Waals surface area contributed by atoms with Crippen molar-refractivity contribution in [3.8, 4) is 0 Å². The summed E-state index contributed by atoms with van der Waals surface area (Å²) in [5.41, 5.74) is 5.94. The first-order valence-electron chi connectivity index (χ1n) is 6.59. The van der Waals surface area contributed by atoms with Gasteiger partial charge in [0.05, 0.1) is 5.69 Å². The number of hydrogen-bond acceptors (Lipinski definition) is 2. The summed E-state index contributed by atoms with van der Waals surface area (Å²) in [4.78, 5) is 11.8. The quantitative estimate of drug-likeness (QED) is 0.890. The van der Waals surface area contributed by atoms with E-state index in [9.17, 15) is 13.6 Å². The Morgan fingerprint density at radius 2 is 1.90 bits per heavy atom. The first-order chi connectivity index (χ1) is 9.08. The number of hydrogen-bond donors (Lipinski definition) is 2. The van der Waals surface area contributed by atoms with Gasteiger partial charge in [0.2, 0.25) is 5.91 Å². The average molecular weight is 284 g/mol. The molecule has 1 unspecified atom stereocenters. The molecule has 0 aliphatic carbocycles. The number of benzene rings is 1. The maximum atomic E-state index is 13.6. The monoisotopic (exact) mass is 284 g/mol. The van der Waals surface area contributed by atoms with Crippen molar-refractivity contribution in [2.75, 3.05) is 5.32 Å². The summed E-state index contributed by atoms with van der Waals surface area (Å²) >= 11 is 0. The van der Waals surface area contributed by atoms with Gasteiger partial charge < -0.3 is 11.1 Å². The Bertz CT molecular complexity index is 495. The number of anilines is 1. The van der Waals surface area contributed by atoms with Crippen LogP contribution in [0.1, 0.15) is 39.2 Å². The lowest BCUT2D eigenvalue weighted by atomic mass is 9.87. The minimum absolute atomic E-state index is 0.0148. The fourth-order valence-electron chi connectivity index (χ4n) is 2.04. The zero-order chi connectivity index (χ0) is 15.5. The average Bonchev–Trinajstić information content (AvgIpc) is 2.22. The molecule has 0 aliphatic rings. The summed E-state index contributed by atoms with van der Waals surface area (Å²) in [5.74, 6) is -1.62. The molecule has 0 spiro atoms. The van der Waals surface area contributed by atoms with Crippen LogP contribution in [0.4, 0.5) is 14.5 Å². The van der Waals surface area contributed by atoms with Crippen LogP contribution in [0, 0.1) is 24.0 Å².